The van der Waals surface area contributed by atoms with Gasteiger partial charge in [-0.1, -0.05) is 15.9 Å². The van der Waals surface area contributed by atoms with E-state index in [0.717, 1.165) is 0 Å². The minimum Gasteiger partial charge on any atom is -0.346 e. The molecule has 0 atom stereocenters. The zero-order valence-electron chi connectivity index (χ0n) is 8.48. The second-order valence-electron chi connectivity index (χ2n) is 4.09. The molecule has 15 heavy (non-hydrogen) atoms. The number of aryl methyl sites for hydroxylation is 2. The van der Waals surface area contributed by atoms with Crippen LogP contribution in [0, 0.1) is 0 Å². The molecule has 0 saturated carbocycles. The number of nitrogens with zero attached hydrogens (tertiary/aromatic N) is 1. The van der Waals surface area contributed by atoms with Crippen LogP contribution in [0.15, 0.2) is 21.1 Å². The molecule has 0 saturated heterocycles. The van der Waals surface area contributed by atoms with Gasteiger partial charge in [-0.25, -0.2) is 0 Å². The predicted octanol–water partition coefficient (Wildman–Crippen LogP) is 4.19. The van der Waals surface area contributed by atoms with Gasteiger partial charge in [0.15, 0.2) is 0 Å². The fourth-order valence-electron chi connectivity index (χ4n) is 2.66. The maximum absolute atomic E-state index is 3.66. The third-order valence-corrected chi connectivity index (χ3v) is 4.61. The molecule has 0 unspecified atom stereocenters. The largest absolute Gasteiger partial charge is 0.346 e. The molecule has 0 fully saturated rings. The molecule has 3 heteroatoms. The van der Waals surface area contributed by atoms with E-state index >= 15 is 0 Å². The lowest BCUT2D eigenvalue weighted by molar-refractivity contribution is 0.830. The molecule has 1 aromatic heterocycles. The first-order valence-electron chi connectivity index (χ1n) is 5.14. The summed E-state index contributed by atoms with van der Waals surface area (Å²) in [5, 5.41) is 1.40. The van der Waals surface area contributed by atoms with E-state index in [1.54, 1.807) is 5.56 Å². The molecule has 0 aliphatic heterocycles. The van der Waals surface area contributed by atoms with E-state index in [1.165, 1.54) is 44.8 Å². The molecule has 1 nitrogen and oxygen atoms in total. The van der Waals surface area contributed by atoms with E-state index < -0.39 is 0 Å². The van der Waals surface area contributed by atoms with Gasteiger partial charge in [0.2, 0.25) is 0 Å². The van der Waals surface area contributed by atoms with Crippen LogP contribution in [0.4, 0.5) is 0 Å². The Kier molecular flexibility index (Phi) is 2.22. The molecule has 78 valence electrons. The Hall–Kier alpha value is -0.280. The second-order valence-corrected chi connectivity index (χ2v) is 5.80. The quantitative estimate of drug-likeness (QED) is 0.683. The van der Waals surface area contributed by atoms with Gasteiger partial charge in [-0.2, -0.15) is 0 Å². The average Bonchev–Trinajstić information content (AvgIpc) is 2.76. The lowest BCUT2D eigenvalue weighted by atomic mass is 10.1. The Balaban J connectivity index is 2.54. The standard InChI is InChI=1S/C12H11Br2N/c1-15-10-4-2-3-7(10)11-8(13)5-6-9(14)12(11)15/h5-6H,2-4H2,1H3. The number of hydrogen-bond donors (Lipinski definition) is 0. The Morgan fingerprint density at radius 3 is 2.67 bits per heavy atom. The van der Waals surface area contributed by atoms with Gasteiger partial charge in [-0.3, -0.25) is 0 Å². The number of halogens is 2. The number of benzene rings is 1. The SMILES string of the molecule is Cn1c2c(c3c(Br)ccc(Br)c31)CCC2. The summed E-state index contributed by atoms with van der Waals surface area (Å²) < 4.78 is 4.75. The maximum Gasteiger partial charge on any atom is 0.0638 e. The first-order valence-corrected chi connectivity index (χ1v) is 6.73. The minimum atomic E-state index is 1.19. The van der Waals surface area contributed by atoms with Crippen molar-refractivity contribution in [2.24, 2.45) is 7.05 Å². The van der Waals surface area contributed by atoms with Crippen LogP contribution in [0.1, 0.15) is 17.7 Å². The van der Waals surface area contributed by atoms with Crippen LogP contribution in [0.2, 0.25) is 0 Å². The number of rotatable bonds is 0. The van der Waals surface area contributed by atoms with E-state index in [2.05, 4.69) is 55.6 Å². The zero-order chi connectivity index (χ0) is 10.6. The van der Waals surface area contributed by atoms with Crippen molar-refractivity contribution in [3.05, 3.63) is 32.3 Å². The van der Waals surface area contributed by atoms with Crippen molar-refractivity contribution in [3.63, 3.8) is 0 Å². The summed E-state index contributed by atoms with van der Waals surface area (Å²) in [5.41, 5.74) is 4.38. The topological polar surface area (TPSA) is 4.93 Å². The highest BCUT2D eigenvalue weighted by Gasteiger charge is 2.22. The summed E-state index contributed by atoms with van der Waals surface area (Å²) in [6.45, 7) is 0. The summed E-state index contributed by atoms with van der Waals surface area (Å²) in [4.78, 5) is 0. The van der Waals surface area contributed by atoms with Crippen LogP contribution in [0.25, 0.3) is 10.9 Å². The first-order chi connectivity index (χ1) is 7.20. The van der Waals surface area contributed by atoms with E-state index in [9.17, 15) is 0 Å². The lowest BCUT2D eigenvalue weighted by Gasteiger charge is -2.04. The van der Waals surface area contributed by atoms with Gasteiger partial charge in [-0.05, 0) is 52.9 Å². The van der Waals surface area contributed by atoms with Crippen molar-refractivity contribution in [1.82, 2.24) is 4.57 Å². The molecule has 3 rings (SSSR count). The molecule has 1 aliphatic rings. The first kappa shape index (κ1) is 9.91. The third kappa shape index (κ3) is 1.26. The predicted molar refractivity (Wildman–Crippen MR) is 70.3 cm³/mol. The molecule has 0 spiro atoms. The maximum atomic E-state index is 3.66. The highest BCUT2D eigenvalue weighted by Crippen LogP contribution is 2.39. The zero-order valence-corrected chi connectivity index (χ0v) is 11.7. The van der Waals surface area contributed by atoms with Gasteiger partial charge in [-0.15, -0.1) is 0 Å². The van der Waals surface area contributed by atoms with Crippen LogP contribution in [0.5, 0.6) is 0 Å². The molecule has 0 radical (unpaired) electrons. The second kappa shape index (κ2) is 3.36. The van der Waals surface area contributed by atoms with Gasteiger partial charge in [0.05, 0.1) is 5.52 Å². The summed E-state index contributed by atoms with van der Waals surface area (Å²) in [7, 11) is 2.17. The Labute approximate surface area is 106 Å². The Morgan fingerprint density at radius 1 is 1.13 bits per heavy atom. The molecule has 1 heterocycles. The number of aromatic nitrogens is 1. The number of fused-ring (bicyclic) bond motifs is 3. The molecular formula is C12H11Br2N. The smallest absolute Gasteiger partial charge is 0.0638 e. The third-order valence-electron chi connectivity index (χ3n) is 3.31. The van der Waals surface area contributed by atoms with Crippen molar-refractivity contribution in [2.75, 3.05) is 0 Å². The molecule has 0 amide bonds. The van der Waals surface area contributed by atoms with Crippen molar-refractivity contribution >= 4 is 42.8 Å². The Bertz CT molecular complexity index is 554. The van der Waals surface area contributed by atoms with E-state index in [4.69, 9.17) is 0 Å². The van der Waals surface area contributed by atoms with Gasteiger partial charge in [0, 0.05) is 27.1 Å². The molecule has 1 aromatic carbocycles. The molecule has 2 aromatic rings. The summed E-state index contributed by atoms with van der Waals surface area (Å²) in [6, 6.07) is 4.24. The molecule has 1 aliphatic carbocycles. The van der Waals surface area contributed by atoms with E-state index in [-0.39, 0.29) is 0 Å². The fraction of sp³-hybridized carbons (Fsp3) is 0.333. The lowest BCUT2D eigenvalue weighted by Crippen LogP contribution is -1.93. The fourth-order valence-corrected chi connectivity index (χ4v) is 3.81. The number of hydrogen-bond acceptors (Lipinski definition) is 0. The van der Waals surface area contributed by atoms with E-state index in [0.29, 0.717) is 0 Å². The van der Waals surface area contributed by atoms with E-state index in [1.807, 2.05) is 0 Å². The minimum absolute atomic E-state index is 1.19. The van der Waals surface area contributed by atoms with Crippen molar-refractivity contribution < 1.29 is 0 Å². The highest BCUT2D eigenvalue weighted by atomic mass is 79.9. The molecule has 0 N–H and O–H groups in total. The summed E-state index contributed by atoms with van der Waals surface area (Å²) >= 11 is 7.30. The van der Waals surface area contributed by atoms with Crippen LogP contribution in [0.3, 0.4) is 0 Å². The Morgan fingerprint density at radius 2 is 1.87 bits per heavy atom. The molecular weight excluding hydrogens is 318 g/mol. The highest BCUT2D eigenvalue weighted by molar-refractivity contribution is 9.11. The van der Waals surface area contributed by atoms with Gasteiger partial charge < -0.3 is 4.57 Å². The summed E-state index contributed by atoms with van der Waals surface area (Å²) in [5.74, 6) is 0. The van der Waals surface area contributed by atoms with Gasteiger partial charge in [0.1, 0.15) is 0 Å². The molecule has 0 bridgehead atoms. The van der Waals surface area contributed by atoms with Crippen LogP contribution < -0.4 is 0 Å². The normalized spacial score (nSPS) is 14.9. The van der Waals surface area contributed by atoms with Gasteiger partial charge in [0.25, 0.3) is 0 Å². The van der Waals surface area contributed by atoms with Crippen LogP contribution >= 0.6 is 31.9 Å². The van der Waals surface area contributed by atoms with Crippen molar-refractivity contribution in [2.45, 2.75) is 19.3 Å². The van der Waals surface area contributed by atoms with Gasteiger partial charge >= 0.3 is 0 Å². The van der Waals surface area contributed by atoms with Crippen molar-refractivity contribution in [1.29, 1.82) is 0 Å². The van der Waals surface area contributed by atoms with Crippen molar-refractivity contribution in [3.8, 4) is 0 Å². The average molecular weight is 329 g/mol. The summed E-state index contributed by atoms with van der Waals surface area (Å²) in [6.07, 6.45) is 3.74. The van der Waals surface area contributed by atoms with Crippen LogP contribution in [-0.2, 0) is 19.9 Å². The monoisotopic (exact) mass is 327 g/mol. The van der Waals surface area contributed by atoms with Crippen LogP contribution in [-0.4, -0.2) is 4.57 Å².